The Hall–Kier alpha value is -1.95. The van der Waals surface area contributed by atoms with Gasteiger partial charge in [0.1, 0.15) is 0 Å². The molecule has 1 aliphatic heterocycles. The Morgan fingerprint density at radius 2 is 1.93 bits per heavy atom. The van der Waals surface area contributed by atoms with Crippen molar-refractivity contribution in [3.05, 3.63) is 57.5 Å². The smallest absolute Gasteiger partial charge is 0.214 e. The van der Waals surface area contributed by atoms with Gasteiger partial charge in [-0.1, -0.05) is 29.8 Å². The van der Waals surface area contributed by atoms with Crippen LogP contribution >= 0.6 is 11.3 Å². The fraction of sp³-hybridized carbons (Fsp3) is 0.435. The summed E-state index contributed by atoms with van der Waals surface area (Å²) in [6.45, 7) is 2.87. The third-order valence-corrected chi connectivity index (χ3v) is 7.12. The minimum atomic E-state index is 0.103. The topological polar surface area (TPSA) is 43.8 Å². The molecule has 0 spiro atoms. The van der Waals surface area contributed by atoms with Crippen molar-refractivity contribution < 1.29 is 9.90 Å². The monoisotopic (exact) mass is 396 g/mol. The molecule has 1 fully saturated rings. The summed E-state index contributed by atoms with van der Waals surface area (Å²) >= 11 is 1.74. The van der Waals surface area contributed by atoms with Crippen LogP contribution in [0.1, 0.15) is 40.8 Å². The number of hydrogen-bond donors (Lipinski definition) is 1. The molecule has 148 valence electrons. The van der Waals surface area contributed by atoms with Gasteiger partial charge in [0.25, 0.3) is 0 Å². The molecule has 1 amide bonds. The first-order valence-electron chi connectivity index (χ1n) is 10.2. The van der Waals surface area contributed by atoms with E-state index in [1.54, 1.807) is 21.8 Å². The van der Waals surface area contributed by atoms with Crippen LogP contribution < -0.4 is 4.90 Å². The van der Waals surface area contributed by atoms with Crippen LogP contribution in [0.4, 0.5) is 5.00 Å². The normalized spacial score (nSPS) is 17.1. The first-order valence-corrected chi connectivity index (χ1v) is 11.0. The van der Waals surface area contributed by atoms with E-state index in [4.69, 9.17) is 5.11 Å². The number of carbonyl (C=O) groups excluding carboxylic acids is 1. The van der Waals surface area contributed by atoms with Crippen molar-refractivity contribution in [1.82, 2.24) is 4.90 Å². The van der Waals surface area contributed by atoms with Crippen LogP contribution in [0.3, 0.4) is 0 Å². The van der Waals surface area contributed by atoms with Crippen LogP contribution in [-0.4, -0.2) is 49.7 Å². The van der Waals surface area contributed by atoms with Gasteiger partial charge in [-0.15, -0.1) is 11.3 Å². The molecular weight excluding hydrogens is 368 g/mol. The number of carbonyl (C=O) groups is 1. The quantitative estimate of drug-likeness (QED) is 0.784. The lowest BCUT2D eigenvalue weighted by Crippen LogP contribution is -2.27. The third kappa shape index (κ3) is 3.79. The predicted molar refractivity (Wildman–Crippen MR) is 116 cm³/mol. The van der Waals surface area contributed by atoms with E-state index in [0.29, 0.717) is 13.0 Å². The van der Waals surface area contributed by atoms with Gasteiger partial charge in [-0.3, -0.25) is 4.79 Å². The second-order valence-electron chi connectivity index (χ2n) is 7.74. The number of aryl methyl sites for hydroxylation is 2. The molecule has 0 unspecified atom stereocenters. The molecule has 2 heterocycles. The molecule has 1 saturated heterocycles. The summed E-state index contributed by atoms with van der Waals surface area (Å²) in [6, 6.07) is 11.0. The Balaban J connectivity index is 1.81. The van der Waals surface area contributed by atoms with E-state index < -0.39 is 0 Å². The standard InChI is InChI=1S/C23H28N2O2S/c1-24-12-9-18(10-13-24)23-19-6-3-2-5-17(19)7-8-21-20(23)15-22(28-21)25(16-27)11-4-14-26/h2-3,5-6,15-16,26H,4,7-14H2,1H3. The molecule has 4 nitrogen and oxygen atoms in total. The summed E-state index contributed by atoms with van der Waals surface area (Å²) in [5.74, 6) is 0. The zero-order chi connectivity index (χ0) is 19.5. The molecule has 0 saturated carbocycles. The fourth-order valence-electron chi connectivity index (χ4n) is 4.30. The summed E-state index contributed by atoms with van der Waals surface area (Å²) in [4.78, 5) is 17.2. The molecular formula is C23H28N2O2S. The van der Waals surface area contributed by atoms with Crippen LogP contribution in [0.2, 0.25) is 0 Å². The number of likely N-dealkylation sites (tertiary alicyclic amines) is 1. The molecule has 1 aromatic heterocycles. The Bertz CT molecular complexity index is 876. The van der Waals surface area contributed by atoms with E-state index in [1.807, 2.05) is 0 Å². The van der Waals surface area contributed by atoms with Crippen molar-refractivity contribution in [2.24, 2.45) is 0 Å². The van der Waals surface area contributed by atoms with E-state index in [9.17, 15) is 4.79 Å². The van der Waals surface area contributed by atoms with Crippen LogP contribution in [0.25, 0.3) is 5.57 Å². The first kappa shape index (κ1) is 19.4. The lowest BCUT2D eigenvalue weighted by molar-refractivity contribution is -0.107. The molecule has 0 bridgehead atoms. The molecule has 4 rings (SSSR count). The van der Waals surface area contributed by atoms with Crippen LogP contribution in [-0.2, 0) is 17.6 Å². The number of fused-ring (bicyclic) bond motifs is 2. The van der Waals surface area contributed by atoms with E-state index in [1.165, 1.54) is 27.1 Å². The number of piperidine rings is 1. The van der Waals surface area contributed by atoms with Crippen molar-refractivity contribution >= 4 is 28.3 Å². The summed E-state index contributed by atoms with van der Waals surface area (Å²) < 4.78 is 0. The van der Waals surface area contributed by atoms with Crippen LogP contribution in [0.15, 0.2) is 35.9 Å². The highest BCUT2D eigenvalue weighted by atomic mass is 32.1. The van der Waals surface area contributed by atoms with Crippen molar-refractivity contribution in [1.29, 1.82) is 0 Å². The third-order valence-electron chi connectivity index (χ3n) is 5.89. The molecule has 1 aliphatic carbocycles. The van der Waals surface area contributed by atoms with Gasteiger partial charge in [0, 0.05) is 31.1 Å². The first-order chi connectivity index (χ1) is 13.7. The van der Waals surface area contributed by atoms with Gasteiger partial charge >= 0.3 is 0 Å². The Morgan fingerprint density at radius 3 is 2.68 bits per heavy atom. The van der Waals surface area contributed by atoms with Crippen molar-refractivity contribution in [3.63, 3.8) is 0 Å². The average molecular weight is 397 g/mol. The number of anilines is 1. The average Bonchev–Trinajstić information content (AvgIpc) is 3.06. The Labute approximate surface area is 171 Å². The lowest BCUT2D eigenvalue weighted by Gasteiger charge is -2.27. The predicted octanol–water partition coefficient (Wildman–Crippen LogP) is 3.72. The number of benzene rings is 1. The van der Waals surface area contributed by atoms with Crippen molar-refractivity contribution in [3.8, 4) is 0 Å². The molecule has 2 aromatic rings. The zero-order valence-corrected chi connectivity index (χ0v) is 17.3. The summed E-state index contributed by atoms with van der Waals surface area (Å²) in [5, 5.41) is 10.1. The van der Waals surface area contributed by atoms with Gasteiger partial charge < -0.3 is 14.9 Å². The lowest BCUT2D eigenvalue weighted by atomic mass is 9.88. The van der Waals surface area contributed by atoms with E-state index in [0.717, 1.165) is 50.2 Å². The number of hydrogen-bond acceptors (Lipinski definition) is 4. The summed E-state index contributed by atoms with van der Waals surface area (Å²) in [5.41, 5.74) is 7.08. The molecule has 0 radical (unpaired) electrons. The Morgan fingerprint density at radius 1 is 1.14 bits per heavy atom. The van der Waals surface area contributed by atoms with Gasteiger partial charge in [0.15, 0.2) is 0 Å². The second-order valence-corrected chi connectivity index (χ2v) is 8.85. The maximum absolute atomic E-state index is 11.6. The summed E-state index contributed by atoms with van der Waals surface area (Å²) in [6.07, 6.45) is 5.76. The highest BCUT2D eigenvalue weighted by Crippen LogP contribution is 2.43. The number of amides is 1. The minimum absolute atomic E-state index is 0.103. The van der Waals surface area contributed by atoms with Gasteiger partial charge in [0.2, 0.25) is 6.41 Å². The second kappa shape index (κ2) is 8.60. The molecule has 1 aromatic carbocycles. The number of thiophene rings is 1. The van der Waals surface area contributed by atoms with Gasteiger partial charge in [-0.2, -0.15) is 0 Å². The molecule has 5 heteroatoms. The van der Waals surface area contributed by atoms with Gasteiger partial charge in [0.05, 0.1) is 5.00 Å². The zero-order valence-electron chi connectivity index (χ0n) is 16.5. The molecule has 0 atom stereocenters. The van der Waals surface area contributed by atoms with Crippen molar-refractivity contribution in [2.75, 3.05) is 38.2 Å². The molecule has 28 heavy (non-hydrogen) atoms. The number of aliphatic hydroxyl groups excluding tert-OH is 1. The molecule has 2 aliphatic rings. The Kier molecular flexibility index (Phi) is 5.95. The van der Waals surface area contributed by atoms with Gasteiger partial charge in [-0.25, -0.2) is 0 Å². The SMILES string of the molecule is CN1CCC(=C2c3ccccc3CCc3sc(N(C=O)CCCO)cc32)CC1. The largest absolute Gasteiger partial charge is 0.396 e. The van der Waals surface area contributed by atoms with Crippen LogP contribution in [0, 0.1) is 0 Å². The summed E-state index contributed by atoms with van der Waals surface area (Å²) in [7, 11) is 2.19. The highest BCUT2D eigenvalue weighted by Gasteiger charge is 2.26. The van der Waals surface area contributed by atoms with E-state index in [2.05, 4.69) is 42.3 Å². The van der Waals surface area contributed by atoms with E-state index in [-0.39, 0.29) is 6.61 Å². The number of aliphatic hydroxyl groups is 1. The minimum Gasteiger partial charge on any atom is -0.396 e. The highest BCUT2D eigenvalue weighted by molar-refractivity contribution is 7.16. The fourth-order valence-corrected chi connectivity index (χ4v) is 5.46. The van der Waals surface area contributed by atoms with Crippen molar-refractivity contribution in [2.45, 2.75) is 32.1 Å². The number of rotatable bonds is 5. The maximum Gasteiger partial charge on any atom is 0.214 e. The number of nitrogens with zero attached hydrogens (tertiary/aromatic N) is 2. The van der Waals surface area contributed by atoms with Crippen LogP contribution in [0.5, 0.6) is 0 Å². The maximum atomic E-state index is 11.6. The molecule has 1 N–H and O–H groups in total. The van der Waals surface area contributed by atoms with Gasteiger partial charge in [-0.05, 0) is 67.5 Å². The van der Waals surface area contributed by atoms with E-state index >= 15 is 0 Å².